The van der Waals surface area contributed by atoms with Crippen LogP contribution in [0.5, 0.6) is 0 Å². The maximum absolute atomic E-state index is 13.6. The second-order valence-corrected chi connectivity index (χ2v) is 14.8. The van der Waals surface area contributed by atoms with Crippen LogP contribution in [0, 0.1) is 6.92 Å². The van der Waals surface area contributed by atoms with Crippen LogP contribution in [0.25, 0.3) is 22.2 Å². The summed E-state index contributed by atoms with van der Waals surface area (Å²) < 4.78 is 53.5. The summed E-state index contributed by atoms with van der Waals surface area (Å²) in [6.07, 6.45) is -1.31. The Morgan fingerprint density at radius 2 is 1.56 bits per heavy atom. The Kier molecular flexibility index (Phi) is 8.86. The molecule has 4 heterocycles. The maximum atomic E-state index is 13.6. The molecule has 1 N–H and O–H groups in total. The smallest absolute Gasteiger partial charge is 0.426 e. The second-order valence-electron chi connectivity index (χ2n) is 14.8. The normalized spacial score (nSPS) is 18.5. The van der Waals surface area contributed by atoms with E-state index in [1.807, 2.05) is 25.1 Å². The van der Waals surface area contributed by atoms with Gasteiger partial charge < -0.3 is 24.4 Å². The third kappa shape index (κ3) is 6.87. The molecule has 2 aliphatic heterocycles. The monoisotopic (exact) mass is 672 g/mol. The van der Waals surface area contributed by atoms with E-state index in [2.05, 4.69) is 4.98 Å². The SMILES string of the molecule is Cc1cn(C(=O)OC(C)(C)C)c2ncc(-c3cc4c(c([C@@H]5CCCN5C(=O)OC(C)(C)C)c3)CCN(C(=O)[C@](C)(O)C(F)(F)F)C4)cc12. The van der Waals surface area contributed by atoms with Crippen molar-refractivity contribution in [1.82, 2.24) is 19.4 Å². The highest BCUT2D eigenvalue weighted by Gasteiger charge is 2.57. The van der Waals surface area contributed by atoms with Crippen molar-refractivity contribution in [2.45, 2.75) is 110 Å². The predicted octanol–water partition coefficient (Wildman–Crippen LogP) is 7.06. The number of carbonyl (C=O) groups excluding carboxylic acids is 3. The van der Waals surface area contributed by atoms with E-state index in [4.69, 9.17) is 9.47 Å². The molecular formula is C35H43F3N4O6. The maximum Gasteiger partial charge on any atom is 0.426 e. The van der Waals surface area contributed by atoms with Gasteiger partial charge >= 0.3 is 18.4 Å². The number of halogens is 3. The minimum Gasteiger partial charge on any atom is -0.444 e. The van der Waals surface area contributed by atoms with Crippen molar-refractivity contribution in [1.29, 1.82) is 0 Å². The molecule has 0 radical (unpaired) electrons. The van der Waals surface area contributed by atoms with Gasteiger partial charge in [0.05, 0.1) is 6.04 Å². The number of amides is 2. The Morgan fingerprint density at radius 1 is 0.917 bits per heavy atom. The molecule has 0 bridgehead atoms. The van der Waals surface area contributed by atoms with Gasteiger partial charge in [0.25, 0.3) is 5.91 Å². The number of benzene rings is 1. The average Bonchev–Trinajstić information content (AvgIpc) is 3.58. The number of aliphatic hydroxyl groups is 1. The van der Waals surface area contributed by atoms with Gasteiger partial charge in [-0.25, -0.2) is 19.1 Å². The third-order valence-electron chi connectivity index (χ3n) is 8.63. The number of ether oxygens (including phenoxy) is 2. The molecule has 13 heteroatoms. The number of carbonyl (C=O) groups is 3. The van der Waals surface area contributed by atoms with Crippen molar-refractivity contribution in [2.24, 2.45) is 0 Å². The number of hydrogen-bond donors (Lipinski definition) is 1. The Hall–Kier alpha value is -4.13. The zero-order chi connectivity index (χ0) is 35.6. The summed E-state index contributed by atoms with van der Waals surface area (Å²) in [5, 5.41) is 10.9. The summed E-state index contributed by atoms with van der Waals surface area (Å²) >= 11 is 0. The lowest BCUT2D eigenvalue weighted by Gasteiger charge is -2.37. The number of aryl methyl sites for hydroxylation is 1. The van der Waals surface area contributed by atoms with E-state index in [-0.39, 0.29) is 25.6 Å². The van der Waals surface area contributed by atoms with E-state index in [0.717, 1.165) is 28.0 Å². The van der Waals surface area contributed by atoms with E-state index in [1.165, 1.54) is 4.57 Å². The molecule has 3 aromatic rings. The molecule has 0 aliphatic carbocycles. The topological polar surface area (TPSA) is 114 Å². The highest BCUT2D eigenvalue weighted by atomic mass is 19.4. The quantitative estimate of drug-likeness (QED) is 0.317. The molecule has 2 amide bonds. The Balaban J connectivity index is 1.60. The van der Waals surface area contributed by atoms with Crippen molar-refractivity contribution in [3.63, 3.8) is 0 Å². The van der Waals surface area contributed by atoms with Crippen LogP contribution >= 0.6 is 0 Å². The number of pyridine rings is 1. The number of rotatable bonds is 3. The number of fused-ring (bicyclic) bond motifs is 2. The van der Waals surface area contributed by atoms with Crippen LogP contribution in [0.2, 0.25) is 0 Å². The van der Waals surface area contributed by atoms with Crippen molar-refractivity contribution >= 4 is 29.1 Å². The summed E-state index contributed by atoms with van der Waals surface area (Å²) in [6.45, 7) is 13.3. The van der Waals surface area contributed by atoms with Gasteiger partial charge in [-0.2, -0.15) is 13.2 Å². The summed E-state index contributed by atoms with van der Waals surface area (Å²) in [4.78, 5) is 46.6. The van der Waals surface area contributed by atoms with Crippen LogP contribution in [-0.4, -0.2) is 78.6 Å². The molecule has 0 unspecified atom stereocenters. The van der Waals surface area contributed by atoms with Crippen LogP contribution in [0.4, 0.5) is 22.8 Å². The van der Waals surface area contributed by atoms with Crippen LogP contribution in [-0.2, 0) is 27.2 Å². The van der Waals surface area contributed by atoms with Crippen molar-refractivity contribution < 1.29 is 42.1 Å². The fourth-order valence-corrected chi connectivity index (χ4v) is 6.30. The molecule has 2 atom stereocenters. The van der Waals surface area contributed by atoms with Crippen molar-refractivity contribution in [3.8, 4) is 11.1 Å². The number of aromatic nitrogens is 2. The molecular weight excluding hydrogens is 629 g/mol. The van der Waals surface area contributed by atoms with E-state index < -0.39 is 41.1 Å². The third-order valence-corrected chi connectivity index (χ3v) is 8.63. The molecule has 2 aliphatic rings. The van der Waals surface area contributed by atoms with Gasteiger partial charge in [0, 0.05) is 43.0 Å². The molecule has 0 saturated carbocycles. The lowest BCUT2D eigenvalue weighted by atomic mass is 9.86. The fourth-order valence-electron chi connectivity index (χ4n) is 6.30. The molecule has 260 valence electrons. The molecule has 1 aromatic carbocycles. The zero-order valence-corrected chi connectivity index (χ0v) is 28.6. The second kappa shape index (κ2) is 12.1. The Labute approximate surface area is 277 Å². The lowest BCUT2D eigenvalue weighted by Crippen LogP contribution is -2.56. The highest BCUT2D eigenvalue weighted by molar-refractivity contribution is 5.92. The molecule has 5 rings (SSSR count). The zero-order valence-electron chi connectivity index (χ0n) is 28.6. The minimum absolute atomic E-state index is 0.0333. The lowest BCUT2D eigenvalue weighted by molar-refractivity contribution is -0.250. The van der Waals surface area contributed by atoms with Gasteiger partial charge in [-0.15, -0.1) is 0 Å². The number of hydrogen-bond acceptors (Lipinski definition) is 7. The van der Waals surface area contributed by atoms with Gasteiger partial charge in [-0.05, 0) is 121 Å². The summed E-state index contributed by atoms with van der Waals surface area (Å²) in [5.74, 6) is -1.42. The van der Waals surface area contributed by atoms with E-state index in [1.54, 1.807) is 58.8 Å². The van der Waals surface area contributed by atoms with Gasteiger partial charge in [0.15, 0.2) is 0 Å². The molecule has 10 nitrogen and oxygen atoms in total. The van der Waals surface area contributed by atoms with Gasteiger partial charge in [-0.1, -0.05) is 0 Å². The summed E-state index contributed by atoms with van der Waals surface area (Å²) in [6, 6.07) is 5.31. The van der Waals surface area contributed by atoms with E-state index in [9.17, 15) is 32.7 Å². The van der Waals surface area contributed by atoms with E-state index >= 15 is 0 Å². The highest BCUT2D eigenvalue weighted by Crippen LogP contribution is 2.41. The van der Waals surface area contributed by atoms with Crippen LogP contribution in [0.3, 0.4) is 0 Å². The molecule has 2 aromatic heterocycles. The molecule has 1 fully saturated rings. The Morgan fingerprint density at radius 3 is 2.19 bits per heavy atom. The Bertz CT molecular complexity index is 1770. The summed E-state index contributed by atoms with van der Waals surface area (Å²) in [7, 11) is 0. The number of alkyl halides is 3. The van der Waals surface area contributed by atoms with Crippen molar-refractivity contribution in [2.75, 3.05) is 13.1 Å². The minimum atomic E-state index is -5.15. The first kappa shape index (κ1) is 35.2. The first-order valence-corrected chi connectivity index (χ1v) is 16.0. The van der Waals surface area contributed by atoms with Crippen molar-refractivity contribution in [3.05, 3.63) is 52.8 Å². The first-order chi connectivity index (χ1) is 22.1. The average molecular weight is 673 g/mol. The predicted molar refractivity (Wildman–Crippen MR) is 172 cm³/mol. The van der Waals surface area contributed by atoms with Crippen LogP contribution in [0.15, 0.2) is 30.6 Å². The fraction of sp³-hybridized carbons (Fsp3) is 0.543. The number of nitrogens with zero attached hydrogens (tertiary/aromatic N) is 4. The van der Waals surface area contributed by atoms with Gasteiger partial charge in [0.1, 0.15) is 16.8 Å². The summed E-state index contributed by atoms with van der Waals surface area (Å²) in [5.41, 5.74) is -0.159. The van der Waals surface area contributed by atoms with Gasteiger partial charge in [-0.3, -0.25) is 4.79 Å². The van der Waals surface area contributed by atoms with Crippen LogP contribution in [0.1, 0.15) is 89.6 Å². The standard InChI is InChI=1S/C35H43F3N4O6/c1-20-18-42(31(45)48-33(5,6)7)28-25(20)16-22(17-39-28)21-14-23-19-40(29(43)34(8,46)35(36,37)38)13-11-24(23)26(15-21)27-10-9-12-41(27)30(44)47-32(2,3)4/h14-18,27,46H,9-13,19H2,1-8H3/t27-,34-/m0/s1. The van der Waals surface area contributed by atoms with E-state index in [0.29, 0.717) is 47.6 Å². The van der Waals surface area contributed by atoms with Crippen LogP contribution < -0.4 is 0 Å². The molecule has 0 spiro atoms. The molecule has 1 saturated heterocycles. The molecule has 48 heavy (non-hydrogen) atoms. The van der Waals surface area contributed by atoms with Gasteiger partial charge in [0.2, 0.25) is 5.60 Å². The largest absolute Gasteiger partial charge is 0.444 e. The number of likely N-dealkylation sites (tertiary alicyclic amines) is 1. The first-order valence-electron chi connectivity index (χ1n) is 16.0.